The molecule has 0 aliphatic heterocycles. The van der Waals surface area contributed by atoms with Crippen LogP contribution in [0.4, 0.5) is 0 Å². The van der Waals surface area contributed by atoms with Crippen molar-refractivity contribution in [2.24, 2.45) is 0 Å². The van der Waals surface area contributed by atoms with Crippen LogP contribution in [0.2, 0.25) is 0 Å². The van der Waals surface area contributed by atoms with Crippen molar-refractivity contribution in [1.29, 1.82) is 0 Å². The standard InChI is InChI=1S/C17H18N2O2/c1-3-7-15(20)21-17(19-11-4-2)16-14-9-6-5-8-13(14)10-12-18-16/h2,5-6,8-10,12,17,19H,3,7,11H2,1H3. The van der Waals surface area contributed by atoms with Crippen molar-refractivity contribution in [1.82, 2.24) is 10.3 Å². The van der Waals surface area contributed by atoms with Gasteiger partial charge in [-0.3, -0.25) is 15.1 Å². The minimum absolute atomic E-state index is 0.262. The Morgan fingerprint density at radius 3 is 3.00 bits per heavy atom. The van der Waals surface area contributed by atoms with Gasteiger partial charge in [-0.2, -0.15) is 0 Å². The molecule has 0 radical (unpaired) electrons. The molecule has 1 aromatic carbocycles. The molecule has 2 rings (SSSR count). The summed E-state index contributed by atoms with van der Waals surface area (Å²) < 4.78 is 5.48. The van der Waals surface area contributed by atoms with E-state index < -0.39 is 6.23 Å². The summed E-state index contributed by atoms with van der Waals surface area (Å²) in [6.07, 6.45) is 7.47. The lowest BCUT2D eigenvalue weighted by Crippen LogP contribution is -2.27. The van der Waals surface area contributed by atoms with Crippen LogP contribution in [0.1, 0.15) is 31.7 Å². The normalized spacial score (nSPS) is 11.8. The summed E-state index contributed by atoms with van der Waals surface area (Å²) in [6.45, 7) is 2.23. The van der Waals surface area contributed by atoms with Gasteiger partial charge in [0.25, 0.3) is 0 Å². The zero-order valence-electron chi connectivity index (χ0n) is 12.0. The van der Waals surface area contributed by atoms with Crippen molar-refractivity contribution in [3.63, 3.8) is 0 Å². The molecule has 2 aromatic rings. The number of nitrogens with one attached hydrogen (secondary N) is 1. The van der Waals surface area contributed by atoms with Crippen LogP contribution in [0.3, 0.4) is 0 Å². The van der Waals surface area contributed by atoms with E-state index in [1.807, 2.05) is 37.3 Å². The lowest BCUT2D eigenvalue weighted by Gasteiger charge is -2.19. The summed E-state index contributed by atoms with van der Waals surface area (Å²) in [7, 11) is 0. The molecule has 0 spiro atoms. The van der Waals surface area contributed by atoms with E-state index in [1.54, 1.807) is 6.20 Å². The number of nitrogens with zero attached hydrogens (tertiary/aromatic N) is 1. The Kier molecular flexibility index (Phi) is 5.30. The molecule has 4 nitrogen and oxygen atoms in total. The highest BCUT2D eigenvalue weighted by Crippen LogP contribution is 2.23. The van der Waals surface area contributed by atoms with Crippen molar-refractivity contribution in [3.8, 4) is 12.3 Å². The number of terminal acetylenes is 1. The molecular formula is C17H18N2O2. The molecule has 1 aromatic heterocycles. The van der Waals surface area contributed by atoms with E-state index in [-0.39, 0.29) is 5.97 Å². The van der Waals surface area contributed by atoms with Crippen molar-refractivity contribution in [2.75, 3.05) is 6.54 Å². The highest BCUT2D eigenvalue weighted by atomic mass is 16.6. The Bertz CT molecular complexity index is 656. The van der Waals surface area contributed by atoms with Crippen LogP contribution in [0.25, 0.3) is 10.8 Å². The first-order valence-corrected chi connectivity index (χ1v) is 6.96. The van der Waals surface area contributed by atoms with Gasteiger partial charge in [0.15, 0.2) is 6.23 Å². The first-order chi connectivity index (χ1) is 10.3. The quantitative estimate of drug-likeness (QED) is 0.503. The molecule has 21 heavy (non-hydrogen) atoms. The third kappa shape index (κ3) is 3.80. The van der Waals surface area contributed by atoms with E-state index in [1.165, 1.54) is 0 Å². The number of hydrogen-bond acceptors (Lipinski definition) is 4. The van der Waals surface area contributed by atoms with Crippen LogP contribution < -0.4 is 5.32 Å². The number of pyridine rings is 1. The smallest absolute Gasteiger partial charge is 0.307 e. The fourth-order valence-electron chi connectivity index (χ4n) is 2.09. The van der Waals surface area contributed by atoms with Crippen molar-refractivity contribution in [2.45, 2.75) is 26.0 Å². The highest BCUT2D eigenvalue weighted by molar-refractivity contribution is 5.84. The number of esters is 1. The molecule has 0 fully saturated rings. The zero-order chi connectivity index (χ0) is 15.1. The third-order valence-corrected chi connectivity index (χ3v) is 3.05. The molecule has 0 aliphatic rings. The van der Waals surface area contributed by atoms with Crippen molar-refractivity contribution in [3.05, 3.63) is 42.2 Å². The lowest BCUT2D eigenvalue weighted by molar-refractivity contribution is -0.151. The summed E-state index contributed by atoms with van der Waals surface area (Å²) in [4.78, 5) is 16.1. The fourth-order valence-corrected chi connectivity index (χ4v) is 2.09. The molecule has 0 aliphatic carbocycles. The minimum Gasteiger partial charge on any atom is -0.440 e. The van der Waals surface area contributed by atoms with Crippen molar-refractivity contribution < 1.29 is 9.53 Å². The summed E-state index contributed by atoms with van der Waals surface area (Å²) in [5.41, 5.74) is 0.674. The van der Waals surface area contributed by atoms with Crippen LogP contribution in [0.5, 0.6) is 0 Å². The van der Waals surface area contributed by atoms with Gasteiger partial charge in [0.1, 0.15) is 5.69 Å². The summed E-state index contributed by atoms with van der Waals surface area (Å²) in [6, 6.07) is 9.76. The van der Waals surface area contributed by atoms with E-state index >= 15 is 0 Å². The number of carbonyl (C=O) groups excluding carboxylic acids is 1. The van der Waals surface area contributed by atoms with Gasteiger partial charge in [-0.25, -0.2) is 0 Å². The van der Waals surface area contributed by atoms with Crippen LogP contribution in [0.15, 0.2) is 36.5 Å². The average Bonchev–Trinajstić information content (AvgIpc) is 2.51. The maximum Gasteiger partial charge on any atom is 0.307 e. The molecule has 0 saturated heterocycles. The predicted octanol–water partition coefficient (Wildman–Crippen LogP) is 2.80. The first kappa shape index (κ1) is 15.0. The zero-order valence-corrected chi connectivity index (χ0v) is 12.0. The number of fused-ring (bicyclic) bond motifs is 1. The second-order valence-corrected chi connectivity index (χ2v) is 4.62. The van der Waals surface area contributed by atoms with Gasteiger partial charge in [0.2, 0.25) is 0 Å². The maximum absolute atomic E-state index is 11.8. The molecule has 4 heteroatoms. The number of rotatable bonds is 6. The molecule has 108 valence electrons. The molecule has 0 amide bonds. The largest absolute Gasteiger partial charge is 0.440 e. The van der Waals surface area contributed by atoms with Gasteiger partial charge < -0.3 is 4.74 Å². The fraction of sp³-hybridized carbons (Fsp3) is 0.294. The van der Waals surface area contributed by atoms with Crippen molar-refractivity contribution >= 4 is 16.7 Å². The van der Waals surface area contributed by atoms with Gasteiger partial charge in [0.05, 0.1) is 6.54 Å². The number of hydrogen-bond donors (Lipinski definition) is 1. The number of ether oxygens (including phenoxy) is 1. The summed E-state index contributed by atoms with van der Waals surface area (Å²) in [5.74, 6) is 2.23. The number of carbonyl (C=O) groups is 1. The molecule has 0 saturated carbocycles. The topological polar surface area (TPSA) is 51.2 Å². The van der Waals surface area contributed by atoms with Crippen LogP contribution in [-0.2, 0) is 9.53 Å². The molecular weight excluding hydrogens is 264 g/mol. The van der Waals surface area contributed by atoms with E-state index in [4.69, 9.17) is 11.2 Å². The van der Waals surface area contributed by atoms with E-state index in [2.05, 4.69) is 16.2 Å². The average molecular weight is 282 g/mol. The Morgan fingerprint density at radius 2 is 2.24 bits per heavy atom. The minimum atomic E-state index is -0.633. The lowest BCUT2D eigenvalue weighted by atomic mass is 10.1. The Labute approximate surface area is 124 Å². The molecule has 1 unspecified atom stereocenters. The third-order valence-electron chi connectivity index (χ3n) is 3.05. The molecule has 1 atom stereocenters. The molecule has 0 bridgehead atoms. The Morgan fingerprint density at radius 1 is 1.43 bits per heavy atom. The molecule has 1 N–H and O–H groups in total. The van der Waals surface area contributed by atoms with Gasteiger partial charge in [-0.15, -0.1) is 6.42 Å². The van der Waals surface area contributed by atoms with E-state index in [0.717, 1.165) is 17.2 Å². The van der Waals surface area contributed by atoms with Crippen LogP contribution >= 0.6 is 0 Å². The van der Waals surface area contributed by atoms with Gasteiger partial charge in [0, 0.05) is 18.0 Å². The van der Waals surface area contributed by atoms with E-state index in [0.29, 0.717) is 18.7 Å². The van der Waals surface area contributed by atoms with Crippen LogP contribution in [0, 0.1) is 12.3 Å². The van der Waals surface area contributed by atoms with E-state index in [9.17, 15) is 4.79 Å². The second kappa shape index (κ2) is 7.41. The Hall–Kier alpha value is -2.38. The molecule has 1 heterocycles. The maximum atomic E-state index is 11.8. The van der Waals surface area contributed by atoms with Gasteiger partial charge >= 0.3 is 5.97 Å². The number of aromatic nitrogens is 1. The summed E-state index contributed by atoms with van der Waals surface area (Å²) in [5, 5.41) is 5.01. The highest BCUT2D eigenvalue weighted by Gasteiger charge is 2.19. The predicted molar refractivity (Wildman–Crippen MR) is 82.3 cm³/mol. The number of benzene rings is 1. The summed E-state index contributed by atoms with van der Waals surface area (Å²) >= 11 is 0. The SMILES string of the molecule is C#CCNC(OC(=O)CCC)c1nccc2ccccc12. The Balaban J connectivity index is 2.34. The second-order valence-electron chi connectivity index (χ2n) is 4.62. The van der Waals surface area contributed by atoms with Crippen LogP contribution in [-0.4, -0.2) is 17.5 Å². The van der Waals surface area contributed by atoms with Gasteiger partial charge in [-0.1, -0.05) is 37.1 Å². The monoisotopic (exact) mass is 282 g/mol. The first-order valence-electron chi connectivity index (χ1n) is 6.96. The van der Waals surface area contributed by atoms with Gasteiger partial charge in [-0.05, 0) is 17.9 Å².